The van der Waals surface area contributed by atoms with Gasteiger partial charge in [0.1, 0.15) is 7.05 Å². The van der Waals surface area contributed by atoms with Crippen LogP contribution >= 0.6 is 0 Å². The number of hydrogen-bond donors (Lipinski definition) is 0. The molecule has 39 heavy (non-hydrogen) atoms. The predicted octanol–water partition coefficient (Wildman–Crippen LogP) is 7.41. The number of likely N-dealkylation sites (N-methyl/N-ethyl adjacent to an activating group) is 1. The molecule has 0 amide bonds. The van der Waals surface area contributed by atoms with Crippen LogP contribution in [0.3, 0.4) is 0 Å². The molecule has 5 rings (SSSR count). The van der Waals surface area contributed by atoms with Gasteiger partial charge in [-0.05, 0) is 68.0 Å². The Kier molecular flexibility index (Phi) is 6.63. The summed E-state index contributed by atoms with van der Waals surface area (Å²) >= 11 is 0. The minimum atomic E-state index is -0.110. The van der Waals surface area contributed by atoms with Gasteiger partial charge in [-0.2, -0.15) is 9.84 Å². The third-order valence-corrected chi connectivity index (χ3v) is 8.09. The molecule has 2 heterocycles. The molecule has 0 saturated carbocycles. The molecule has 0 aromatic heterocycles. The fourth-order valence-corrected chi connectivity index (χ4v) is 5.85. The van der Waals surface area contributed by atoms with E-state index in [1.54, 1.807) is 0 Å². The van der Waals surface area contributed by atoms with Crippen LogP contribution in [0.5, 0.6) is 0 Å². The van der Waals surface area contributed by atoms with Gasteiger partial charge in [-0.15, -0.1) is 0 Å². The van der Waals surface area contributed by atoms with Gasteiger partial charge in [0.2, 0.25) is 5.69 Å². The molecule has 3 nitrogen and oxygen atoms in total. The second kappa shape index (κ2) is 9.94. The Balaban J connectivity index is 1.56. The lowest BCUT2D eigenvalue weighted by Crippen LogP contribution is -2.26. The Hall–Kier alpha value is -4.60. The van der Waals surface area contributed by atoms with E-state index in [-0.39, 0.29) is 10.8 Å². The van der Waals surface area contributed by atoms with Gasteiger partial charge in [0.15, 0.2) is 5.71 Å². The van der Waals surface area contributed by atoms with Crippen molar-refractivity contribution in [2.24, 2.45) is 0 Å². The van der Waals surface area contributed by atoms with Crippen molar-refractivity contribution in [3.63, 3.8) is 0 Å². The fourth-order valence-electron chi connectivity index (χ4n) is 5.85. The van der Waals surface area contributed by atoms with Crippen molar-refractivity contribution < 1.29 is 4.58 Å². The van der Waals surface area contributed by atoms with E-state index in [4.69, 9.17) is 5.26 Å². The molecule has 0 aliphatic carbocycles. The number of nitriles is 1. The van der Waals surface area contributed by atoms with E-state index in [9.17, 15) is 0 Å². The number of para-hydroxylation sites is 2. The Morgan fingerprint density at radius 1 is 0.846 bits per heavy atom. The van der Waals surface area contributed by atoms with E-state index in [0.717, 1.165) is 11.1 Å². The highest BCUT2D eigenvalue weighted by Crippen LogP contribution is 2.46. The maximum absolute atomic E-state index is 9.13. The van der Waals surface area contributed by atoms with E-state index in [0.29, 0.717) is 5.56 Å². The van der Waals surface area contributed by atoms with Crippen molar-refractivity contribution in [3.8, 4) is 17.9 Å². The maximum Gasteiger partial charge on any atom is 0.209 e. The van der Waals surface area contributed by atoms with Crippen LogP contribution < -0.4 is 4.90 Å². The van der Waals surface area contributed by atoms with Crippen molar-refractivity contribution in [2.75, 3.05) is 19.0 Å². The zero-order chi connectivity index (χ0) is 27.8. The van der Waals surface area contributed by atoms with Crippen molar-refractivity contribution in [3.05, 3.63) is 131 Å². The second-order valence-electron chi connectivity index (χ2n) is 11.2. The molecule has 2 aliphatic heterocycles. The summed E-state index contributed by atoms with van der Waals surface area (Å²) in [4.78, 5) is 2.28. The summed E-state index contributed by atoms with van der Waals surface area (Å²) in [6.07, 6.45) is 8.66. The third-order valence-electron chi connectivity index (χ3n) is 8.09. The van der Waals surface area contributed by atoms with E-state index >= 15 is 0 Å². The van der Waals surface area contributed by atoms with Crippen LogP contribution in [-0.2, 0) is 10.8 Å². The smallest absolute Gasteiger partial charge is 0.209 e. The first-order chi connectivity index (χ1) is 18.6. The van der Waals surface area contributed by atoms with Gasteiger partial charge in [-0.3, -0.25) is 0 Å². The Bertz CT molecular complexity index is 1670. The third kappa shape index (κ3) is 4.62. The van der Waals surface area contributed by atoms with Crippen LogP contribution in [0.1, 0.15) is 49.9 Å². The van der Waals surface area contributed by atoms with Crippen molar-refractivity contribution >= 4 is 17.1 Å². The summed E-state index contributed by atoms with van der Waals surface area (Å²) in [6, 6.07) is 26.8. The highest BCUT2D eigenvalue weighted by molar-refractivity contribution is 6.03. The van der Waals surface area contributed by atoms with Crippen LogP contribution in [0.2, 0.25) is 0 Å². The van der Waals surface area contributed by atoms with Gasteiger partial charge in [0, 0.05) is 52.7 Å². The SMILES string of the molecule is CN1/C(=C/C=C(C#Cc2ccc(C#N)cc2)/C=C/C2=[N+](C)c3ccccc3C2(C)C)C(C)(C)c2ccccc21. The van der Waals surface area contributed by atoms with Crippen LogP contribution in [-0.4, -0.2) is 24.4 Å². The molecule has 192 valence electrons. The molecule has 0 N–H and O–H groups in total. The standard InChI is InChI=1S/C36H34N3/c1-35(2)29-11-7-9-13-31(29)38(5)33(35)23-21-27(16-15-26-17-19-28(25-37)20-18-26)22-24-34-36(3,4)30-12-8-10-14-32(30)39(34)6/h7-14,17-24H,1-6H3/q+1. The average Bonchev–Trinajstić information content (AvgIpc) is 3.26. The molecule has 0 spiro atoms. The van der Waals surface area contributed by atoms with Gasteiger partial charge in [0.25, 0.3) is 0 Å². The molecule has 0 bridgehead atoms. The first kappa shape index (κ1) is 26.0. The fraction of sp³-hybridized carbons (Fsp3) is 0.222. The average molecular weight is 509 g/mol. The lowest BCUT2D eigenvalue weighted by Gasteiger charge is -2.23. The molecule has 0 radical (unpaired) electrons. The zero-order valence-corrected chi connectivity index (χ0v) is 23.6. The molecule has 0 unspecified atom stereocenters. The van der Waals surface area contributed by atoms with Gasteiger partial charge in [0.05, 0.1) is 17.0 Å². The van der Waals surface area contributed by atoms with Crippen molar-refractivity contribution in [2.45, 2.75) is 38.5 Å². The largest absolute Gasteiger partial charge is 0.347 e. The number of rotatable bonds is 3. The Morgan fingerprint density at radius 2 is 1.49 bits per heavy atom. The minimum Gasteiger partial charge on any atom is -0.347 e. The number of allylic oxidation sites excluding steroid dienone is 6. The predicted molar refractivity (Wildman–Crippen MR) is 162 cm³/mol. The molecule has 0 atom stereocenters. The zero-order valence-electron chi connectivity index (χ0n) is 23.6. The quantitative estimate of drug-likeness (QED) is 0.209. The monoisotopic (exact) mass is 508 g/mol. The van der Waals surface area contributed by atoms with Crippen LogP contribution in [0.4, 0.5) is 11.4 Å². The van der Waals surface area contributed by atoms with Crippen LogP contribution in [0.25, 0.3) is 0 Å². The number of benzene rings is 3. The molecule has 3 aromatic carbocycles. The highest BCUT2D eigenvalue weighted by Gasteiger charge is 2.42. The van der Waals surface area contributed by atoms with Gasteiger partial charge >= 0.3 is 0 Å². The summed E-state index contributed by atoms with van der Waals surface area (Å²) in [5.41, 5.74) is 9.81. The molecular weight excluding hydrogens is 474 g/mol. The first-order valence-electron chi connectivity index (χ1n) is 13.3. The van der Waals surface area contributed by atoms with Crippen LogP contribution in [0.15, 0.2) is 108 Å². The first-order valence-corrected chi connectivity index (χ1v) is 13.3. The maximum atomic E-state index is 9.13. The number of hydrogen-bond acceptors (Lipinski definition) is 2. The van der Waals surface area contributed by atoms with E-state index in [1.807, 2.05) is 24.3 Å². The molecule has 2 aliphatic rings. The normalized spacial score (nSPS) is 18.1. The Morgan fingerprint density at radius 3 is 2.15 bits per heavy atom. The van der Waals surface area contributed by atoms with Gasteiger partial charge < -0.3 is 4.90 Å². The number of nitrogens with zero attached hydrogens (tertiary/aromatic N) is 3. The van der Waals surface area contributed by atoms with Gasteiger partial charge in [-0.25, -0.2) is 0 Å². The molecule has 0 saturated heterocycles. The summed E-state index contributed by atoms with van der Waals surface area (Å²) in [5.74, 6) is 6.69. The molecular formula is C36H34N3+. The van der Waals surface area contributed by atoms with Gasteiger partial charge in [-0.1, -0.05) is 62.1 Å². The summed E-state index contributed by atoms with van der Waals surface area (Å²) in [5, 5.41) is 9.13. The lowest BCUT2D eigenvalue weighted by molar-refractivity contribution is -0.401. The van der Waals surface area contributed by atoms with E-state index < -0.39 is 0 Å². The lowest BCUT2D eigenvalue weighted by atomic mass is 9.81. The van der Waals surface area contributed by atoms with E-state index in [1.165, 1.54) is 33.9 Å². The second-order valence-corrected chi connectivity index (χ2v) is 11.2. The Labute approximate surface area is 232 Å². The van der Waals surface area contributed by atoms with Crippen LogP contribution in [0, 0.1) is 23.2 Å². The molecule has 3 heteroatoms. The molecule has 0 fully saturated rings. The van der Waals surface area contributed by atoms with Crippen molar-refractivity contribution in [1.82, 2.24) is 0 Å². The highest BCUT2D eigenvalue weighted by atomic mass is 15.2. The number of fused-ring (bicyclic) bond motifs is 2. The van der Waals surface area contributed by atoms with E-state index in [2.05, 4.69) is 142 Å². The summed E-state index contributed by atoms with van der Waals surface area (Å²) in [6.45, 7) is 9.10. The minimum absolute atomic E-state index is 0.110. The molecule has 3 aromatic rings. The summed E-state index contributed by atoms with van der Waals surface area (Å²) in [7, 11) is 4.27. The topological polar surface area (TPSA) is 30.0 Å². The summed E-state index contributed by atoms with van der Waals surface area (Å²) < 4.78 is 2.28. The van der Waals surface area contributed by atoms with Crippen molar-refractivity contribution in [1.29, 1.82) is 5.26 Å². The number of anilines is 1.